The lowest BCUT2D eigenvalue weighted by atomic mass is 10.1. The zero-order valence-corrected chi connectivity index (χ0v) is 10.2. The third-order valence-electron chi connectivity index (χ3n) is 2.58. The maximum Gasteiger partial charge on any atom is 0.339 e. The van der Waals surface area contributed by atoms with Gasteiger partial charge in [-0.3, -0.25) is 5.10 Å². The van der Waals surface area contributed by atoms with Gasteiger partial charge in [-0.25, -0.2) is 4.79 Å². The monoisotopic (exact) mass is 246 g/mol. The number of nitrogens with zero attached hydrogens (tertiary/aromatic N) is 1. The Labute approximate surface area is 104 Å². The van der Waals surface area contributed by atoms with E-state index in [9.17, 15) is 9.90 Å². The van der Waals surface area contributed by atoms with Gasteiger partial charge in [-0.1, -0.05) is 12.1 Å². The molecule has 0 aliphatic rings. The Balaban J connectivity index is 2.48. The Morgan fingerprint density at radius 1 is 1.50 bits per heavy atom. The summed E-state index contributed by atoms with van der Waals surface area (Å²) >= 11 is 0. The van der Waals surface area contributed by atoms with Gasteiger partial charge in [-0.2, -0.15) is 5.10 Å². The van der Waals surface area contributed by atoms with Crippen LogP contribution in [0, 0.1) is 6.92 Å². The summed E-state index contributed by atoms with van der Waals surface area (Å²) in [5, 5.41) is 15.9. The second-order valence-corrected chi connectivity index (χ2v) is 3.84. The van der Waals surface area contributed by atoms with Crippen LogP contribution in [-0.4, -0.2) is 27.9 Å². The number of carboxylic acid groups (broad SMARTS) is 1. The summed E-state index contributed by atoms with van der Waals surface area (Å²) in [7, 11) is 0. The highest BCUT2D eigenvalue weighted by Gasteiger charge is 2.18. The largest absolute Gasteiger partial charge is 0.494 e. The normalized spacial score (nSPS) is 10.3. The van der Waals surface area contributed by atoms with E-state index in [1.165, 1.54) is 0 Å². The first-order chi connectivity index (χ1) is 8.63. The Morgan fingerprint density at radius 2 is 2.28 bits per heavy atom. The number of nitrogens with one attached hydrogen (secondary N) is 1. The summed E-state index contributed by atoms with van der Waals surface area (Å²) in [5.41, 5.74) is 1.90. The number of aryl methyl sites for hydroxylation is 1. The molecule has 94 valence electrons. The molecular weight excluding hydrogens is 232 g/mol. The van der Waals surface area contributed by atoms with E-state index in [1.807, 2.05) is 25.1 Å². The highest BCUT2D eigenvalue weighted by atomic mass is 16.5. The van der Waals surface area contributed by atoms with E-state index in [4.69, 9.17) is 4.74 Å². The number of ether oxygens (including phenoxy) is 1. The fraction of sp³-hybridized carbons (Fsp3) is 0.231. The SMILES string of the molecule is CCOc1cccc(-c2n[nH]c(C)c2C(=O)O)c1. The second-order valence-electron chi connectivity index (χ2n) is 3.84. The van der Waals surface area contributed by atoms with Gasteiger partial charge in [0.25, 0.3) is 0 Å². The van der Waals surface area contributed by atoms with Crippen LogP contribution in [-0.2, 0) is 0 Å². The number of aromatic amines is 1. The van der Waals surface area contributed by atoms with Crippen LogP contribution in [0.15, 0.2) is 24.3 Å². The van der Waals surface area contributed by atoms with Gasteiger partial charge in [0.15, 0.2) is 0 Å². The summed E-state index contributed by atoms with van der Waals surface area (Å²) in [6.07, 6.45) is 0. The van der Waals surface area contributed by atoms with Gasteiger partial charge in [0.2, 0.25) is 0 Å². The summed E-state index contributed by atoms with van der Waals surface area (Å²) in [6.45, 7) is 4.15. The molecule has 0 bridgehead atoms. The zero-order valence-electron chi connectivity index (χ0n) is 10.2. The van der Waals surface area contributed by atoms with Crippen LogP contribution in [0.25, 0.3) is 11.3 Å². The summed E-state index contributed by atoms with van der Waals surface area (Å²) in [4.78, 5) is 11.2. The molecule has 0 saturated heterocycles. The molecule has 5 nitrogen and oxygen atoms in total. The van der Waals surface area contributed by atoms with Crippen LogP contribution in [0.5, 0.6) is 5.75 Å². The summed E-state index contributed by atoms with van der Waals surface area (Å²) in [6, 6.07) is 7.24. The highest BCUT2D eigenvalue weighted by Crippen LogP contribution is 2.26. The third kappa shape index (κ3) is 2.20. The molecule has 2 aromatic rings. The van der Waals surface area contributed by atoms with Gasteiger partial charge in [-0.15, -0.1) is 0 Å². The van der Waals surface area contributed by atoms with Crippen molar-refractivity contribution < 1.29 is 14.6 Å². The Kier molecular flexibility index (Phi) is 3.32. The van der Waals surface area contributed by atoms with Crippen molar-refractivity contribution >= 4 is 5.97 Å². The van der Waals surface area contributed by atoms with Gasteiger partial charge in [0.1, 0.15) is 17.0 Å². The van der Waals surface area contributed by atoms with Crippen molar-refractivity contribution in [3.8, 4) is 17.0 Å². The van der Waals surface area contributed by atoms with E-state index in [-0.39, 0.29) is 5.56 Å². The first-order valence-corrected chi connectivity index (χ1v) is 5.65. The molecule has 0 saturated carbocycles. The molecule has 0 unspecified atom stereocenters. The minimum atomic E-state index is -0.988. The lowest BCUT2D eigenvalue weighted by Gasteiger charge is -2.05. The lowest BCUT2D eigenvalue weighted by Crippen LogP contribution is -1.99. The number of carboxylic acids is 1. The number of benzene rings is 1. The summed E-state index contributed by atoms with van der Waals surface area (Å²) < 4.78 is 5.39. The van der Waals surface area contributed by atoms with E-state index in [2.05, 4.69) is 10.2 Å². The van der Waals surface area contributed by atoms with Crippen molar-refractivity contribution in [2.45, 2.75) is 13.8 Å². The summed E-state index contributed by atoms with van der Waals surface area (Å²) in [5.74, 6) is -0.287. The molecule has 0 amide bonds. The first-order valence-electron chi connectivity index (χ1n) is 5.65. The molecule has 0 spiro atoms. The van der Waals surface area contributed by atoms with E-state index in [0.29, 0.717) is 23.7 Å². The fourth-order valence-corrected chi connectivity index (χ4v) is 1.80. The standard InChI is InChI=1S/C13H14N2O3/c1-3-18-10-6-4-5-9(7-10)12-11(13(16)17)8(2)14-15-12/h4-7H,3H2,1-2H3,(H,14,15)(H,16,17). The van der Waals surface area contributed by atoms with Crippen molar-refractivity contribution in [2.75, 3.05) is 6.61 Å². The van der Waals surface area contributed by atoms with Crippen LogP contribution in [0.3, 0.4) is 0 Å². The lowest BCUT2D eigenvalue weighted by molar-refractivity contribution is 0.0697. The maximum atomic E-state index is 11.2. The van der Waals surface area contributed by atoms with Crippen LogP contribution in [0.4, 0.5) is 0 Å². The average Bonchev–Trinajstić information content (AvgIpc) is 2.72. The molecule has 2 rings (SSSR count). The van der Waals surface area contributed by atoms with Crippen LogP contribution in [0.1, 0.15) is 23.0 Å². The number of carbonyl (C=O) groups is 1. The Bertz CT molecular complexity index is 575. The van der Waals surface area contributed by atoms with Gasteiger partial charge in [-0.05, 0) is 26.0 Å². The zero-order chi connectivity index (χ0) is 13.1. The third-order valence-corrected chi connectivity index (χ3v) is 2.58. The van der Waals surface area contributed by atoms with Crippen LogP contribution >= 0.6 is 0 Å². The number of hydrogen-bond donors (Lipinski definition) is 2. The van der Waals surface area contributed by atoms with Crippen molar-refractivity contribution in [3.05, 3.63) is 35.5 Å². The number of rotatable bonds is 4. The number of aromatic nitrogens is 2. The molecule has 2 N–H and O–H groups in total. The van der Waals surface area contributed by atoms with E-state index in [0.717, 1.165) is 5.56 Å². The molecule has 0 atom stereocenters. The topological polar surface area (TPSA) is 75.2 Å². The molecule has 0 fully saturated rings. The number of H-pyrrole nitrogens is 1. The minimum absolute atomic E-state index is 0.198. The van der Waals surface area contributed by atoms with Crippen LogP contribution in [0.2, 0.25) is 0 Å². The Morgan fingerprint density at radius 3 is 2.94 bits per heavy atom. The minimum Gasteiger partial charge on any atom is -0.494 e. The molecule has 1 aromatic carbocycles. The Hall–Kier alpha value is -2.30. The van der Waals surface area contributed by atoms with E-state index >= 15 is 0 Å². The van der Waals surface area contributed by atoms with Crippen molar-refractivity contribution in [2.24, 2.45) is 0 Å². The first kappa shape index (κ1) is 12.2. The van der Waals surface area contributed by atoms with Crippen molar-refractivity contribution in [1.82, 2.24) is 10.2 Å². The van der Waals surface area contributed by atoms with Gasteiger partial charge < -0.3 is 9.84 Å². The smallest absolute Gasteiger partial charge is 0.339 e. The molecule has 0 aliphatic carbocycles. The fourth-order valence-electron chi connectivity index (χ4n) is 1.80. The van der Waals surface area contributed by atoms with Gasteiger partial charge >= 0.3 is 5.97 Å². The molecule has 0 aliphatic heterocycles. The van der Waals surface area contributed by atoms with Crippen molar-refractivity contribution in [1.29, 1.82) is 0 Å². The van der Waals surface area contributed by atoms with Gasteiger partial charge in [0, 0.05) is 11.3 Å². The highest BCUT2D eigenvalue weighted by molar-refractivity contribution is 5.96. The number of aromatic carboxylic acids is 1. The van der Waals surface area contributed by atoms with Crippen molar-refractivity contribution in [3.63, 3.8) is 0 Å². The predicted octanol–water partition coefficient (Wildman–Crippen LogP) is 2.48. The van der Waals surface area contributed by atoms with E-state index in [1.54, 1.807) is 13.0 Å². The molecule has 18 heavy (non-hydrogen) atoms. The van der Waals surface area contributed by atoms with Crippen LogP contribution < -0.4 is 4.74 Å². The van der Waals surface area contributed by atoms with E-state index < -0.39 is 5.97 Å². The maximum absolute atomic E-state index is 11.2. The quantitative estimate of drug-likeness (QED) is 0.869. The second kappa shape index (κ2) is 4.91. The number of hydrogen-bond acceptors (Lipinski definition) is 3. The molecule has 0 radical (unpaired) electrons. The molecule has 1 heterocycles. The molecule has 1 aromatic heterocycles. The molecular formula is C13H14N2O3. The molecule has 5 heteroatoms. The average molecular weight is 246 g/mol. The predicted molar refractivity (Wildman–Crippen MR) is 66.9 cm³/mol. The van der Waals surface area contributed by atoms with Gasteiger partial charge in [0.05, 0.1) is 6.61 Å².